The van der Waals surface area contributed by atoms with Gasteiger partial charge >= 0.3 is 0 Å². The maximum Gasteiger partial charge on any atom is 0.251 e. The van der Waals surface area contributed by atoms with Gasteiger partial charge in [-0.3, -0.25) is 4.79 Å². The van der Waals surface area contributed by atoms with Gasteiger partial charge in [0, 0.05) is 24.7 Å². The minimum atomic E-state index is -3.48. The van der Waals surface area contributed by atoms with Crippen molar-refractivity contribution < 1.29 is 13.2 Å². The van der Waals surface area contributed by atoms with Crippen LogP contribution in [0.5, 0.6) is 0 Å². The normalized spacial score (nSPS) is 16.5. The summed E-state index contributed by atoms with van der Waals surface area (Å²) in [6.07, 6.45) is 2.27. The standard InChI is InChI=1S/C14H21N3O3S/c1-2-17-21(19,20)12-7-5-11(6-8-12)14(18)16-9-13(15)10-3-4-10/h5-8,10,13,17H,2-4,9,15H2,1H3,(H,16,18). The molecule has 7 heteroatoms. The van der Waals surface area contributed by atoms with Crippen LogP contribution in [0.15, 0.2) is 29.2 Å². The molecule has 0 spiro atoms. The summed E-state index contributed by atoms with van der Waals surface area (Å²) in [7, 11) is -3.48. The molecular weight excluding hydrogens is 290 g/mol. The molecular formula is C14H21N3O3S. The van der Waals surface area contributed by atoms with Crippen LogP contribution in [-0.2, 0) is 10.0 Å². The van der Waals surface area contributed by atoms with Gasteiger partial charge < -0.3 is 11.1 Å². The molecule has 1 unspecified atom stereocenters. The summed E-state index contributed by atoms with van der Waals surface area (Å²) in [5, 5.41) is 2.77. The van der Waals surface area contributed by atoms with Gasteiger partial charge in [0.1, 0.15) is 0 Å². The van der Waals surface area contributed by atoms with E-state index < -0.39 is 10.0 Å². The van der Waals surface area contributed by atoms with E-state index in [9.17, 15) is 13.2 Å². The fourth-order valence-electron chi connectivity index (χ4n) is 2.06. The van der Waals surface area contributed by atoms with E-state index in [-0.39, 0.29) is 16.8 Å². The summed E-state index contributed by atoms with van der Waals surface area (Å²) in [6.45, 7) is 2.48. The molecule has 116 valence electrons. The Morgan fingerprint density at radius 2 is 1.95 bits per heavy atom. The van der Waals surface area contributed by atoms with Crippen LogP contribution >= 0.6 is 0 Å². The summed E-state index contributed by atoms with van der Waals surface area (Å²) >= 11 is 0. The van der Waals surface area contributed by atoms with Crippen molar-refractivity contribution in [1.29, 1.82) is 0 Å². The molecule has 1 aliphatic carbocycles. The molecule has 1 aliphatic rings. The average molecular weight is 311 g/mol. The quantitative estimate of drug-likeness (QED) is 0.680. The van der Waals surface area contributed by atoms with Crippen LogP contribution in [0.2, 0.25) is 0 Å². The monoisotopic (exact) mass is 311 g/mol. The first kappa shape index (κ1) is 15.9. The number of sulfonamides is 1. The topological polar surface area (TPSA) is 101 Å². The Kier molecular flexibility index (Phi) is 4.97. The van der Waals surface area contributed by atoms with Crippen molar-refractivity contribution in [3.05, 3.63) is 29.8 Å². The Labute approximate surface area is 125 Å². The van der Waals surface area contributed by atoms with Crippen LogP contribution < -0.4 is 15.8 Å². The van der Waals surface area contributed by atoms with Gasteiger partial charge in [-0.1, -0.05) is 6.92 Å². The third-order valence-corrected chi connectivity index (χ3v) is 5.05. The zero-order valence-corrected chi connectivity index (χ0v) is 12.8. The highest BCUT2D eigenvalue weighted by Gasteiger charge is 2.28. The molecule has 1 saturated carbocycles. The Morgan fingerprint density at radius 1 is 1.33 bits per heavy atom. The lowest BCUT2D eigenvalue weighted by atomic mass is 10.2. The van der Waals surface area contributed by atoms with Crippen molar-refractivity contribution in [3.63, 3.8) is 0 Å². The molecule has 4 N–H and O–H groups in total. The van der Waals surface area contributed by atoms with Crippen LogP contribution in [0.25, 0.3) is 0 Å². The Bertz CT molecular complexity index is 594. The van der Waals surface area contributed by atoms with E-state index >= 15 is 0 Å². The van der Waals surface area contributed by atoms with E-state index in [2.05, 4.69) is 10.0 Å². The van der Waals surface area contributed by atoms with Gasteiger partial charge in [0.2, 0.25) is 10.0 Å². The molecule has 0 saturated heterocycles. The number of amides is 1. The summed E-state index contributed by atoms with van der Waals surface area (Å²) in [4.78, 5) is 12.1. The van der Waals surface area contributed by atoms with Crippen LogP contribution in [0.4, 0.5) is 0 Å². The Morgan fingerprint density at radius 3 is 2.48 bits per heavy atom. The van der Waals surface area contributed by atoms with E-state index in [1.165, 1.54) is 24.3 Å². The highest BCUT2D eigenvalue weighted by Crippen LogP contribution is 2.31. The number of rotatable bonds is 7. The maximum absolute atomic E-state index is 11.9. The third kappa shape index (κ3) is 4.26. The van der Waals surface area contributed by atoms with Crippen LogP contribution in [0.3, 0.4) is 0 Å². The highest BCUT2D eigenvalue weighted by atomic mass is 32.2. The van der Waals surface area contributed by atoms with Crippen LogP contribution in [0, 0.1) is 5.92 Å². The molecule has 1 amide bonds. The zero-order valence-electron chi connectivity index (χ0n) is 12.0. The molecule has 1 aromatic carbocycles. The number of carbonyl (C=O) groups excluding carboxylic acids is 1. The predicted molar refractivity (Wildman–Crippen MR) is 80.3 cm³/mol. The van der Waals surface area contributed by atoms with E-state index in [0.717, 1.165) is 12.8 Å². The minimum absolute atomic E-state index is 0.00218. The van der Waals surface area contributed by atoms with E-state index in [0.29, 0.717) is 24.6 Å². The SMILES string of the molecule is CCNS(=O)(=O)c1ccc(C(=O)NCC(N)C2CC2)cc1. The molecule has 1 fully saturated rings. The summed E-state index contributed by atoms with van der Waals surface area (Å²) in [5.74, 6) is 0.288. The second-order valence-corrected chi connectivity index (χ2v) is 7.00. The van der Waals surface area contributed by atoms with Crippen molar-refractivity contribution in [2.75, 3.05) is 13.1 Å². The van der Waals surface area contributed by atoms with Gasteiger partial charge in [0.05, 0.1) is 4.90 Å². The van der Waals surface area contributed by atoms with Crippen molar-refractivity contribution in [1.82, 2.24) is 10.0 Å². The summed E-state index contributed by atoms with van der Waals surface area (Å²) < 4.78 is 26.0. The lowest BCUT2D eigenvalue weighted by molar-refractivity contribution is 0.0950. The molecule has 1 aromatic rings. The van der Waals surface area contributed by atoms with Crippen LogP contribution in [0.1, 0.15) is 30.1 Å². The first-order valence-electron chi connectivity index (χ1n) is 7.07. The molecule has 0 aliphatic heterocycles. The summed E-state index contributed by atoms with van der Waals surface area (Å²) in [5.41, 5.74) is 6.34. The van der Waals surface area contributed by atoms with Gasteiger partial charge in [-0.25, -0.2) is 13.1 Å². The van der Waals surface area contributed by atoms with Gasteiger partial charge in [-0.15, -0.1) is 0 Å². The number of hydrogen-bond acceptors (Lipinski definition) is 4. The third-order valence-electron chi connectivity index (χ3n) is 3.49. The van der Waals surface area contributed by atoms with E-state index in [1.54, 1.807) is 6.92 Å². The molecule has 2 rings (SSSR count). The second-order valence-electron chi connectivity index (χ2n) is 5.24. The number of nitrogens with two attached hydrogens (primary N) is 1. The number of nitrogens with one attached hydrogen (secondary N) is 2. The molecule has 1 atom stereocenters. The smallest absolute Gasteiger partial charge is 0.251 e. The molecule has 21 heavy (non-hydrogen) atoms. The number of hydrogen-bond donors (Lipinski definition) is 3. The molecule has 0 heterocycles. The van der Waals surface area contributed by atoms with Crippen molar-refractivity contribution in [2.45, 2.75) is 30.7 Å². The molecule has 6 nitrogen and oxygen atoms in total. The van der Waals surface area contributed by atoms with E-state index in [1.807, 2.05) is 0 Å². The first-order chi connectivity index (χ1) is 9.94. The van der Waals surface area contributed by atoms with Gasteiger partial charge in [-0.2, -0.15) is 0 Å². The molecule has 0 aromatic heterocycles. The van der Waals surface area contributed by atoms with E-state index in [4.69, 9.17) is 5.73 Å². The first-order valence-corrected chi connectivity index (χ1v) is 8.56. The van der Waals surface area contributed by atoms with Crippen molar-refractivity contribution in [2.24, 2.45) is 11.7 Å². The fourth-order valence-corrected chi connectivity index (χ4v) is 3.10. The Balaban J connectivity index is 1.96. The fraction of sp³-hybridized carbons (Fsp3) is 0.500. The predicted octanol–water partition coefficient (Wildman–Crippen LogP) is 0.452. The van der Waals surface area contributed by atoms with Gasteiger partial charge in [-0.05, 0) is 43.0 Å². The lowest BCUT2D eigenvalue weighted by Crippen LogP contribution is -2.38. The molecule has 0 bridgehead atoms. The largest absolute Gasteiger partial charge is 0.350 e. The number of carbonyl (C=O) groups is 1. The second kappa shape index (κ2) is 6.55. The number of benzene rings is 1. The zero-order chi connectivity index (χ0) is 15.5. The minimum Gasteiger partial charge on any atom is -0.350 e. The van der Waals surface area contributed by atoms with Crippen LogP contribution in [-0.4, -0.2) is 33.5 Å². The maximum atomic E-state index is 11.9. The summed E-state index contributed by atoms with van der Waals surface area (Å²) in [6, 6.07) is 5.86. The Hall–Kier alpha value is -1.44. The molecule has 0 radical (unpaired) electrons. The van der Waals surface area contributed by atoms with Gasteiger partial charge in [0.15, 0.2) is 0 Å². The van der Waals surface area contributed by atoms with Crippen molar-refractivity contribution >= 4 is 15.9 Å². The highest BCUT2D eigenvalue weighted by molar-refractivity contribution is 7.89. The average Bonchev–Trinajstić information content (AvgIpc) is 3.29. The van der Waals surface area contributed by atoms with Gasteiger partial charge in [0.25, 0.3) is 5.91 Å². The lowest BCUT2D eigenvalue weighted by Gasteiger charge is -2.12. The van der Waals surface area contributed by atoms with Crippen molar-refractivity contribution in [3.8, 4) is 0 Å².